The van der Waals surface area contributed by atoms with Gasteiger partial charge in [-0.05, 0) is 11.1 Å². The van der Waals surface area contributed by atoms with E-state index in [-0.39, 0.29) is 21.3 Å². The molecular weight excluding hydrogens is 470 g/mol. The fourth-order valence-electron chi connectivity index (χ4n) is 3.87. The summed E-state index contributed by atoms with van der Waals surface area (Å²) in [6.07, 6.45) is 0.141. The van der Waals surface area contributed by atoms with Crippen molar-refractivity contribution in [2.24, 2.45) is 0 Å². The molecule has 152 valence electrons. The van der Waals surface area contributed by atoms with Crippen LogP contribution >= 0.6 is 39.5 Å². The molecule has 2 aromatic carbocycles. The van der Waals surface area contributed by atoms with Crippen LogP contribution in [0.15, 0.2) is 60.7 Å². The highest BCUT2D eigenvalue weighted by Crippen LogP contribution is 2.52. The Morgan fingerprint density at radius 1 is 1.03 bits per heavy atom. The summed E-state index contributed by atoms with van der Waals surface area (Å²) < 4.78 is 5.98. The van der Waals surface area contributed by atoms with E-state index in [1.54, 1.807) is 4.90 Å². The topological polar surface area (TPSA) is 46.6 Å². The van der Waals surface area contributed by atoms with Crippen LogP contribution in [-0.2, 0) is 14.3 Å². The Morgan fingerprint density at radius 2 is 1.59 bits per heavy atom. The van der Waals surface area contributed by atoms with Crippen LogP contribution in [0.4, 0.5) is 0 Å². The third-order valence-corrected chi connectivity index (χ3v) is 9.16. The van der Waals surface area contributed by atoms with Crippen molar-refractivity contribution in [2.75, 3.05) is 23.4 Å². The molecule has 2 aliphatic rings. The van der Waals surface area contributed by atoms with Crippen LogP contribution in [0.1, 0.15) is 23.7 Å². The van der Waals surface area contributed by atoms with E-state index >= 15 is 0 Å². The van der Waals surface area contributed by atoms with E-state index in [0.29, 0.717) is 13.0 Å². The number of amides is 1. The molecule has 0 unspecified atom stereocenters. The number of alkyl halides is 1. The zero-order valence-electron chi connectivity index (χ0n) is 15.8. The Hall–Kier alpha value is -1.44. The summed E-state index contributed by atoms with van der Waals surface area (Å²) in [4.78, 5) is 27.6. The normalized spacial score (nSPS) is 20.3. The molecular formula is C22H22BrNO3S2. The van der Waals surface area contributed by atoms with E-state index < -0.39 is 12.1 Å². The van der Waals surface area contributed by atoms with Gasteiger partial charge < -0.3 is 9.64 Å². The molecule has 0 aliphatic carbocycles. The average molecular weight is 492 g/mol. The summed E-state index contributed by atoms with van der Waals surface area (Å²) >= 11 is 6.99. The summed E-state index contributed by atoms with van der Waals surface area (Å²) in [6, 6.07) is 19.0. The highest BCUT2D eigenvalue weighted by molar-refractivity contribution is 9.09. The molecule has 1 atom stereocenters. The number of esters is 1. The van der Waals surface area contributed by atoms with Crippen molar-refractivity contribution < 1.29 is 14.3 Å². The number of ether oxygens (including phenoxy) is 1. The summed E-state index contributed by atoms with van der Waals surface area (Å²) in [5, 5.41) is 0.211. The van der Waals surface area contributed by atoms with E-state index in [9.17, 15) is 9.59 Å². The van der Waals surface area contributed by atoms with E-state index in [2.05, 4.69) is 15.9 Å². The first-order valence-electron chi connectivity index (χ1n) is 9.56. The number of rotatable bonds is 5. The maximum absolute atomic E-state index is 13.3. The molecule has 4 rings (SSSR count). The molecule has 29 heavy (non-hydrogen) atoms. The second kappa shape index (κ2) is 9.14. The first-order valence-corrected chi connectivity index (χ1v) is 12.6. The number of hydrogen-bond acceptors (Lipinski definition) is 5. The average Bonchev–Trinajstić information content (AvgIpc) is 3.39. The Labute approximate surface area is 187 Å². The van der Waals surface area contributed by atoms with Crippen molar-refractivity contribution in [2.45, 2.75) is 22.6 Å². The maximum Gasteiger partial charge on any atom is 0.329 e. The van der Waals surface area contributed by atoms with Crippen LogP contribution in [0.25, 0.3) is 0 Å². The van der Waals surface area contributed by atoms with Crippen LogP contribution < -0.4 is 0 Å². The molecule has 2 heterocycles. The Balaban J connectivity index is 1.60. The molecule has 1 amide bonds. The standard InChI is InChI=1S/C22H22BrNO3S2/c23-14-19(25)24-15-22(28-11-12-29-22)13-18(24)21(26)27-20(16-7-3-1-4-8-16)17-9-5-2-6-10-17/h1-10,18,20H,11-15H2/t18-/m0/s1. The quantitative estimate of drug-likeness (QED) is 0.455. The maximum atomic E-state index is 13.3. The van der Waals surface area contributed by atoms with Gasteiger partial charge in [0.2, 0.25) is 5.91 Å². The number of likely N-dealkylation sites (tertiary alicyclic amines) is 1. The number of benzene rings is 2. The van der Waals surface area contributed by atoms with Gasteiger partial charge in [0.25, 0.3) is 0 Å². The SMILES string of the molecule is O=C(OC(c1ccccc1)c1ccccc1)[C@@H]1CC2(CN1C(=O)CBr)SCCS2. The predicted octanol–water partition coefficient (Wildman–Crippen LogP) is 4.49. The van der Waals surface area contributed by atoms with Gasteiger partial charge in [-0.2, -0.15) is 0 Å². The number of nitrogens with zero attached hydrogens (tertiary/aromatic N) is 1. The highest BCUT2D eigenvalue weighted by Gasteiger charge is 2.51. The number of hydrogen-bond donors (Lipinski definition) is 0. The molecule has 0 N–H and O–H groups in total. The highest BCUT2D eigenvalue weighted by atomic mass is 79.9. The Bertz CT molecular complexity index is 819. The molecule has 1 spiro atoms. The molecule has 2 fully saturated rings. The fraction of sp³-hybridized carbons (Fsp3) is 0.364. The smallest absolute Gasteiger partial charge is 0.329 e. The molecule has 7 heteroatoms. The van der Waals surface area contributed by atoms with Crippen LogP contribution in [0.3, 0.4) is 0 Å². The molecule has 0 bridgehead atoms. The Kier molecular flexibility index (Phi) is 6.56. The van der Waals surface area contributed by atoms with Gasteiger partial charge >= 0.3 is 5.97 Å². The van der Waals surface area contributed by atoms with Gasteiger partial charge in [0.15, 0.2) is 6.10 Å². The minimum Gasteiger partial charge on any atom is -0.451 e. The van der Waals surface area contributed by atoms with Gasteiger partial charge in [-0.25, -0.2) is 4.79 Å². The van der Waals surface area contributed by atoms with E-state index in [1.807, 2.05) is 84.2 Å². The molecule has 2 aromatic rings. The van der Waals surface area contributed by atoms with Crippen LogP contribution in [0.2, 0.25) is 0 Å². The molecule has 0 saturated carbocycles. The van der Waals surface area contributed by atoms with E-state index in [1.165, 1.54) is 0 Å². The lowest BCUT2D eigenvalue weighted by atomic mass is 10.0. The van der Waals surface area contributed by atoms with Crippen LogP contribution in [-0.4, -0.2) is 50.3 Å². The molecule has 2 saturated heterocycles. The lowest BCUT2D eigenvalue weighted by Gasteiger charge is -2.25. The zero-order valence-corrected chi connectivity index (χ0v) is 19.0. The van der Waals surface area contributed by atoms with Crippen molar-refractivity contribution >= 4 is 51.3 Å². The van der Waals surface area contributed by atoms with E-state index in [0.717, 1.165) is 22.6 Å². The monoisotopic (exact) mass is 491 g/mol. The summed E-state index contributed by atoms with van der Waals surface area (Å²) in [5.74, 6) is 1.72. The molecule has 0 aromatic heterocycles. The number of halogens is 1. The van der Waals surface area contributed by atoms with Crippen molar-refractivity contribution in [3.8, 4) is 0 Å². The largest absolute Gasteiger partial charge is 0.451 e. The fourth-order valence-corrected chi connectivity index (χ4v) is 7.45. The van der Waals surface area contributed by atoms with Crippen molar-refractivity contribution in [1.29, 1.82) is 0 Å². The number of carbonyl (C=O) groups is 2. The predicted molar refractivity (Wildman–Crippen MR) is 122 cm³/mol. The minimum atomic E-state index is -0.548. The first-order chi connectivity index (χ1) is 14.1. The lowest BCUT2D eigenvalue weighted by Crippen LogP contribution is -2.42. The summed E-state index contributed by atoms with van der Waals surface area (Å²) in [5.41, 5.74) is 1.84. The second-order valence-electron chi connectivity index (χ2n) is 7.12. The van der Waals surface area contributed by atoms with Crippen molar-refractivity contribution in [1.82, 2.24) is 4.90 Å². The molecule has 2 aliphatic heterocycles. The molecule has 0 radical (unpaired) electrons. The van der Waals surface area contributed by atoms with Crippen molar-refractivity contribution in [3.05, 3.63) is 71.8 Å². The molecule has 4 nitrogen and oxygen atoms in total. The Morgan fingerprint density at radius 3 is 2.10 bits per heavy atom. The number of carbonyl (C=O) groups excluding carboxylic acids is 2. The first kappa shape index (κ1) is 20.8. The van der Waals surface area contributed by atoms with Gasteiger partial charge in [-0.3, -0.25) is 4.79 Å². The summed E-state index contributed by atoms with van der Waals surface area (Å²) in [6.45, 7) is 0.591. The van der Waals surface area contributed by atoms with E-state index in [4.69, 9.17) is 4.74 Å². The van der Waals surface area contributed by atoms with Gasteiger partial charge in [0.1, 0.15) is 6.04 Å². The summed E-state index contributed by atoms with van der Waals surface area (Å²) in [7, 11) is 0. The second-order valence-corrected chi connectivity index (χ2v) is 10.9. The third-order valence-electron chi connectivity index (χ3n) is 5.25. The van der Waals surface area contributed by atoms with Crippen LogP contribution in [0.5, 0.6) is 0 Å². The van der Waals surface area contributed by atoms with Gasteiger partial charge in [0.05, 0.1) is 9.41 Å². The van der Waals surface area contributed by atoms with Gasteiger partial charge in [-0.1, -0.05) is 76.6 Å². The van der Waals surface area contributed by atoms with Gasteiger partial charge in [-0.15, -0.1) is 23.5 Å². The van der Waals surface area contributed by atoms with Crippen molar-refractivity contribution in [3.63, 3.8) is 0 Å². The lowest BCUT2D eigenvalue weighted by molar-refractivity contribution is -0.156. The van der Waals surface area contributed by atoms with Gasteiger partial charge in [0, 0.05) is 24.5 Å². The van der Waals surface area contributed by atoms with Crippen LogP contribution in [0, 0.1) is 0 Å². The third kappa shape index (κ3) is 4.52. The zero-order chi connectivity index (χ0) is 20.3. The minimum absolute atomic E-state index is 0.0621. The number of thioether (sulfide) groups is 2.